The van der Waals surface area contributed by atoms with E-state index in [0.717, 1.165) is 10.4 Å². The molecule has 1 aromatic heterocycles. The number of hydrogen-bond acceptors (Lipinski definition) is 2. The van der Waals surface area contributed by atoms with Gasteiger partial charge in [0.05, 0.1) is 6.10 Å². The maximum Gasteiger partial charge on any atom is 0.165 e. The molecule has 90 valence electrons. The van der Waals surface area contributed by atoms with E-state index in [1.165, 1.54) is 10.9 Å². The first-order chi connectivity index (χ1) is 8.06. The highest BCUT2D eigenvalue weighted by atomic mass is 32.1. The molecule has 2 aromatic rings. The van der Waals surface area contributed by atoms with Gasteiger partial charge < -0.3 is 4.74 Å². The van der Waals surface area contributed by atoms with Crippen molar-refractivity contribution in [1.82, 2.24) is 0 Å². The Hall–Kier alpha value is -1.35. The summed E-state index contributed by atoms with van der Waals surface area (Å²) < 4.78 is 19.2. The third-order valence-corrected chi connectivity index (χ3v) is 3.37. The van der Waals surface area contributed by atoms with Crippen LogP contribution in [-0.2, 0) is 0 Å². The third kappa shape index (κ3) is 2.86. The van der Waals surface area contributed by atoms with Crippen molar-refractivity contribution < 1.29 is 9.13 Å². The fourth-order valence-electron chi connectivity index (χ4n) is 1.59. The molecule has 0 fully saturated rings. The van der Waals surface area contributed by atoms with Gasteiger partial charge in [0.2, 0.25) is 0 Å². The number of aryl methyl sites for hydroxylation is 1. The molecule has 3 heteroatoms. The van der Waals surface area contributed by atoms with Gasteiger partial charge in [0.1, 0.15) is 0 Å². The Morgan fingerprint density at radius 1 is 1.18 bits per heavy atom. The van der Waals surface area contributed by atoms with E-state index in [2.05, 4.69) is 0 Å². The monoisotopic (exact) mass is 250 g/mol. The van der Waals surface area contributed by atoms with Crippen molar-refractivity contribution >= 4 is 11.3 Å². The Morgan fingerprint density at radius 2 is 1.94 bits per heavy atom. The molecule has 0 saturated carbocycles. The minimum Gasteiger partial charge on any atom is -0.488 e. The highest BCUT2D eigenvalue weighted by Gasteiger charge is 2.08. The van der Waals surface area contributed by atoms with Gasteiger partial charge in [-0.25, -0.2) is 4.39 Å². The Kier molecular flexibility index (Phi) is 3.48. The first-order valence-corrected chi connectivity index (χ1v) is 6.41. The van der Waals surface area contributed by atoms with Gasteiger partial charge in [0.25, 0.3) is 0 Å². The van der Waals surface area contributed by atoms with Gasteiger partial charge in [0.15, 0.2) is 11.6 Å². The molecule has 1 nitrogen and oxygen atoms in total. The lowest BCUT2D eigenvalue weighted by molar-refractivity contribution is 0.231. The fourth-order valence-corrected chi connectivity index (χ4v) is 2.46. The average Bonchev–Trinajstić information content (AvgIpc) is 2.67. The summed E-state index contributed by atoms with van der Waals surface area (Å²) in [6.07, 6.45) is -0.0145. The van der Waals surface area contributed by atoms with Crippen LogP contribution in [0.15, 0.2) is 30.3 Å². The molecular formula is C14H15FOS. The van der Waals surface area contributed by atoms with Crippen molar-refractivity contribution in [1.29, 1.82) is 0 Å². The van der Waals surface area contributed by atoms with E-state index in [1.807, 2.05) is 39.0 Å². The average molecular weight is 250 g/mol. The summed E-state index contributed by atoms with van der Waals surface area (Å²) in [5.74, 6) is 0.0132. The van der Waals surface area contributed by atoms with Gasteiger partial charge in [-0.05, 0) is 56.7 Å². The molecule has 1 heterocycles. The van der Waals surface area contributed by atoms with Crippen LogP contribution in [-0.4, -0.2) is 6.10 Å². The Morgan fingerprint density at radius 3 is 2.47 bits per heavy atom. The first-order valence-electron chi connectivity index (χ1n) is 5.59. The lowest BCUT2D eigenvalue weighted by Gasteiger charge is -2.11. The summed E-state index contributed by atoms with van der Waals surface area (Å²) in [5, 5.41) is 0. The maximum atomic E-state index is 13.8. The van der Waals surface area contributed by atoms with E-state index in [0.29, 0.717) is 5.75 Å². The number of ether oxygens (including phenoxy) is 1. The number of hydrogen-bond donors (Lipinski definition) is 0. The van der Waals surface area contributed by atoms with E-state index < -0.39 is 0 Å². The molecule has 2 rings (SSSR count). The number of benzene rings is 1. The van der Waals surface area contributed by atoms with Gasteiger partial charge in [-0.15, -0.1) is 11.3 Å². The molecule has 0 aliphatic carbocycles. The molecule has 0 bridgehead atoms. The molecule has 0 radical (unpaired) electrons. The van der Waals surface area contributed by atoms with Gasteiger partial charge in [0, 0.05) is 9.75 Å². The molecule has 0 aliphatic rings. The van der Waals surface area contributed by atoms with Gasteiger partial charge in [-0.1, -0.05) is 0 Å². The van der Waals surface area contributed by atoms with Crippen molar-refractivity contribution in [3.8, 4) is 16.2 Å². The SMILES string of the molecule is Cc1ccc(-c2ccc(OC(C)C)c(F)c2)s1. The fraction of sp³-hybridized carbons (Fsp3) is 0.286. The molecule has 0 N–H and O–H groups in total. The minimum atomic E-state index is -0.303. The number of rotatable bonds is 3. The molecule has 0 atom stereocenters. The van der Waals surface area contributed by atoms with E-state index in [1.54, 1.807) is 17.4 Å². The minimum absolute atomic E-state index is 0.0145. The molecule has 1 aromatic carbocycles. The lowest BCUT2D eigenvalue weighted by atomic mass is 10.2. The van der Waals surface area contributed by atoms with Crippen LogP contribution in [0.5, 0.6) is 5.75 Å². The summed E-state index contributed by atoms with van der Waals surface area (Å²) in [5.41, 5.74) is 0.900. The standard InChI is InChI=1S/C14H15FOS/c1-9(2)16-13-6-5-11(8-12(13)15)14-7-4-10(3)17-14/h4-9H,1-3H3. The molecule has 0 amide bonds. The highest BCUT2D eigenvalue weighted by molar-refractivity contribution is 7.15. The molecule has 0 aliphatic heterocycles. The van der Waals surface area contributed by atoms with E-state index in [9.17, 15) is 4.39 Å². The second-order valence-electron chi connectivity index (χ2n) is 4.22. The highest BCUT2D eigenvalue weighted by Crippen LogP contribution is 2.30. The quantitative estimate of drug-likeness (QED) is 0.770. The molecule has 0 spiro atoms. The Balaban J connectivity index is 2.30. The van der Waals surface area contributed by atoms with E-state index in [-0.39, 0.29) is 11.9 Å². The molecule has 17 heavy (non-hydrogen) atoms. The Bertz CT molecular complexity index is 517. The van der Waals surface area contributed by atoms with E-state index >= 15 is 0 Å². The van der Waals surface area contributed by atoms with Crippen LogP contribution in [0.1, 0.15) is 18.7 Å². The van der Waals surface area contributed by atoms with Crippen molar-refractivity contribution in [2.75, 3.05) is 0 Å². The van der Waals surface area contributed by atoms with Crippen molar-refractivity contribution in [2.45, 2.75) is 26.9 Å². The van der Waals surface area contributed by atoms with Gasteiger partial charge >= 0.3 is 0 Å². The number of halogens is 1. The zero-order valence-corrected chi connectivity index (χ0v) is 11.0. The van der Waals surface area contributed by atoms with Crippen LogP contribution in [0.3, 0.4) is 0 Å². The topological polar surface area (TPSA) is 9.23 Å². The predicted molar refractivity (Wildman–Crippen MR) is 70.2 cm³/mol. The van der Waals surface area contributed by atoms with Gasteiger partial charge in [-0.3, -0.25) is 0 Å². The molecule has 0 unspecified atom stereocenters. The summed E-state index contributed by atoms with van der Waals surface area (Å²) in [7, 11) is 0. The van der Waals surface area contributed by atoms with Crippen molar-refractivity contribution in [3.63, 3.8) is 0 Å². The molecular weight excluding hydrogens is 235 g/mol. The van der Waals surface area contributed by atoms with Crippen LogP contribution < -0.4 is 4.74 Å². The maximum absolute atomic E-state index is 13.8. The van der Waals surface area contributed by atoms with E-state index in [4.69, 9.17) is 4.74 Å². The van der Waals surface area contributed by atoms with Gasteiger partial charge in [-0.2, -0.15) is 0 Å². The zero-order chi connectivity index (χ0) is 12.4. The van der Waals surface area contributed by atoms with Crippen LogP contribution in [0.2, 0.25) is 0 Å². The second kappa shape index (κ2) is 4.88. The largest absolute Gasteiger partial charge is 0.488 e. The third-order valence-electron chi connectivity index (χ3n) is 2.32. The van der Waals surface area contributed by atoms with Crippen LogP contribution in [0.25, 0.3) is 10.4 Å². The Labute approximate surface area is 105 Å². The first kappa shape index (κ1) is 12.1. The normalized spacial score (nSPS) is 10.9. The number of thiophene rings is 1. The summed E-state index contributed by atoms with van der Waals surface area (Å²) in [6, 6.07) is 9.17. The summed E-state index contributed by atoms with van der Waals surface area (Å²) in [6.45, 7) is 5.81. The second-order valence-corrected chi connectivity index (χ2v) is 5.51. The zero-order valence-electron chi connectivity index (χ0n) is 10.2. The van der Waals surface area contributed by atoms with Crippen LogP contribution in [0.4, 0.5) is 4.39 Å². The smallest absolute Gasteiger partial charge is 0.165 e. The van der Waals surface area contributed by atoms with Crippen molar-refractivity contribution in [2.24, 2.45) is 0 Å². The predicted octanol–water partition coefficient (Wildman–Crippen LogP) is 4.65. The summed E-state index contributed by atoms with van der Waals surface area (Å²) >= 11 is 1.66. The lowest BCUT2D eigenvalue weighted by Crippen LogP contribution is -2.06. The van der Waals surface area contributed by atoms with Crippen LogP contribution >= 0.6 is 11.3 Å². The van der Waals surface area contributed by atoms with Crippen LogP contribution in [0, 0.1) is 12.7 Å². The van der Waals surface area contributed by atoms with Crippen molar-refractivity contribution in [3.05, 3.63) is 41.0 Å². The molecule has 0 saturated heterocycles. The summed E-state index contributed by atoms with van der Waals surface area (Å²) in [4.78, 5) is 2.31.